The maximum absolute atomic E-state index is 14.2. The molecule has 0 aromatic rings. The summed E-state index contributed by atoms with van der Waals surface area (Å²) < 4.78 is 36.7. The van der Waals surface area contributed by atoms with Crippen LogP contribution in [0.5, 0.6) is 0 Å². The van der Waals surface area contributed by atoms with Crippen molar-refractivity contribution in [2.75, 3.05) is 19.8 Å². The zero-order chi connectivity index (χ0) is 18.5. The molecule has 0 rings (SSSR count). The molecular weight excluding hydrogens is 315 g/mol. The summed E-state index contributed by atoms with van der Waals surface area (Å²) in [5, 5.41) is -1.15. The van der Waals surface area contributed by atoms with Crippen LogP contribution in [0.1, 0.15) is 41.5 Å². The van der Waals surface area contributed by atoms with Crippen LogP contribution in [0.3, 0.4) is 0 Å². The van der Waals surface area contributed by atoms with E-state index in [-0.39, 0.29) is 24.9 Å². The molecule has 0 aromatic heterocycles. The summed E-state index contributed by atoms with van der Waals surface area (Å²) in [5.41, 5.74) is -0.258. The highest BCUT2D eigenvalue weighted by atomic mass is 31.0. The largest absolute Gasteiger partial charge is 0.385 e. The van der Waals surface area contributed by atoms with Gasteiger partial charge in [0.15, 0.2) is 13.6 Å². The summed E-state index contributed by atoms with van der Waals surface area (Å²) in [6.07, 6.45) is -0.0392. The van der Waals surface area contributed by atoms with E-state index in [1.165, 1.54) is 7.85 Å². The summed E-state index contributed by atoms with van der Waals surface area (Å²) >= 11 is 0. The number of rotatable bonds is 10. The zero-order valence-electron chi connectivity index (χ0n) is 16.3. The highest BCUT2D eigenvalue weighted by molar-refractivity contribution is 7.18. The maximum Gasteiger partial charge on any atom is 0.190 e. The van der Waals surface area contributed by atoms with Gasteiger partial charge in [-0.1, -0.05) is 0 Å². The molecule has 0 saturated carbocycles. The van der Waals surface area contributed by atoms with Gasteiger partial charge in [0.05, 0.1) is 31.5 Å². The van der Waals surface area contributed by atoms with E-state index in [1.54, 1.807) is 0 Å². The van der Waals surface area contributed by atoms with Gasteiger partial charge in [-0.15, -0.1) is 9.24 Å². The van der Waals surface area contributed by atoms with Crippen molar-refractivity contribution in [1.82, 2.24) is 0 Å². The van der Waals surface area contributed by atoms with E-state index >= 15 is 0 Å². The lowest BCUT2D eigenvalue weighted by Gasteiger charge is -2.37. The van der Waals surface area contributed by atoms with Crippen LogP contribution >= 0.6 is 9.24 Å². The third-order valence-electron chi connectivity index (χ3n) is 2.67. The first-order chi connectivity index (χ1) is 10.0. The van der Waals surface area contributed by atoms with Crippen molar-refractivity contribution in [1.29, 1.82) is 0 Å². The molecule has 0 heterocycles. The molecule has 0 saturated heterocycles. The summed E-state index contributed by atoms with van der Waals surface area (Å²) in [6.45, 7) is 11.9. The first kappa shape index (κ1) is 23.4. The van der Waals surface area contributed by atoms with Crippen LogP contribution in [0.2, 0.25) is 0 Å². The van der Waals surface area contributed by atoms with Crippen molar-refractivity contribution in [3.8, 4) is 0 Å². The molecule has 4 nitrogen and oxygen atoms in total. The third kappa shape index (κ3) is 13.4. The molecule has 0 fully saturated rings. The zero-order valence-corrected chi connectivity index (χ0v) is 17.4. The molecule has 0 spiro atoms. The van der Waals surface area contributed by atoms with E-state index in [2.05, 4.69) is 9.24 Å². The molecule has 0 bridgehead atoms. The van der Waals surface area contributed by atoms with E-state index in [0.717, 1.165) is 0 Å². The van der Waals surface area contributed by atoms with Crippen LogP contribution < -0.4 is 0 Å². The van der Waals surface area contributed by atoms with Crippen molar-refractivity contribution in [2.24, 2.45) is 0 Å². The van der Waals surface area contributed by atoms with Crippen molar-refractivity contribution in [2.45, 2.75) is 69.7 Å². The highest BCUT2D eigenvalue weighted by Gasteiger charge is 2.32. The Labute approximate surface area is 146 Å². The van der Waals surface area contributed by atoms with Gasteiger partial charge in [-0.3, -0.25) is 0 Å². The quantitative estimate of drug-likeness (QED) is 0.413. The molecule has 3 unspecified atom stereocenters. The number of hydrogen-bond acceptors (Lipinski definition) is 4. The number of halogens is 1. The number of ether oxygens (including phenoxy) is 4. The van der Waals surface area contributed by atoms with E-state index in [4.69, 9.17) is 18.9 Å². The first-order valence-corrected chi connectivity index (χ1v) is 8.69. The number of alkyl halides is 1. The molecule has 0 radical (unpaired) electrons. The van der Waals surface area contributed by atoms with Crippen LogP contribution in [0, 0.1) is 0 Å². The van der Waals surface area contributed by atoms with Crippen LogP contribution in [0.4, 0.5) is 4.39 Å². The summed E-state index contributed by atoms with van der Waals surface area (Å²) in [6, 6.07) is 0. The first-order valence-electron chi connectivity index (χ1n) is 8.11. The minimum atomic E-state index is -1.84. The molecule has 134 valence electrons. The molecule has 0 aliphatic carbocycles. The van der Waals surface area contributed by atoms with Gasteiger partial charge in [-0.05, 0) is 41.5 Å². The van der Waals surface area contributed by atoms with E-state index in [0.29, 0.717) is 6.61 Å². The van der Waals surface area contributed by atoms with Gasteiger partial charge in [0.2, 0.25) is 0 Å². The summed E-state index contributed by atoms with van der Waals surface area (Å²) in [7, 11) is 7.87. The van der Waals surface area contributed by atoms with Crippen LogP contribution in [0.25, 0.3) is 0 Å². The van der Waals surface area contributed by atoms with Crippen molar-refractivity contribution < 1.29 is 23.3 Å². The summed E-state index contributed by atoms with van der Waals surface area (Å²) in [4.78, 5) is 0. The SMILES string of the molecule is BC(B)(COC(C)(P)COC(B)(F)COC(C)C)OC(C)(C)C. The van der Waals surface area contributed by atoms with Gasteiger partial charge >= 0.3 is 0 Å². The fourth-order valence-corrected chi connectivity index (χ4v) is 2.06. The van der Waals surface area contributed by atoms with Gasteiger partial charge in [0, 0.05) is 5.40 Å². The minimum Gasteiger partial charge on any atom is -0.385 e. The standard InChI is InChI=1S/C14H33B3FO4P/c1-10(2)19-9-14(17,18)21-7-12(6,23)20-8-13(15,16)22-11(3,4)5/h10H,7-9,15-17,23H2,1-6H3. The van der Waals surface area contributed by atoms with Crippen molar-refractivity contribution >= 4 is 32.8 Å². The van der Waals surface area contributed by atoms with E-state index in [1.807, 2.05) is 57.2 Å². The topological polar surface area (TPSA) is 36.9 Å². The van der Waals surface area contributed by atoms with Crippen molar-refractivity contribution in [3.63, 3.8) is 0 Å². The second kappa shape index (κ2) is 8.67. The van der Waals surface area contributed by atoms with E-state index < -0.39 is 16.5 Å². The van der Waals surface area contributed by atoms with Crippen LogP contribution in [-0.4, -0.2) is 71.6 Å². The number of hydrogen-bond donors (Lipinski definition) is 0. The Morgan fingerprint density at radius 2 is 1.48 bits per heavy atom. The van der Waals surface area contributed by atoms with Crippen molar-refractivity contribution in [3.05, 3.63) is 0 Å². The van der Waals surface area contributed by atoms with Crippen LogP contribution in [0.15, 0.2) is 0 Å². The average Bonchev–Trinajstić information content (AvgIpc) is 2.30. The van der Waals surface area contributed by atoms with Gasteiger partial charge in [0.25, 0.3) is 0 Å². The minimum absolute atomic E-state index is 0.0392. The molecule has 23 heavy (non-hydrogen) atoms. The lowest BCUT2D eigenvalue weighted by Crippen LogP contribution is -2.48. The Morgan fingerprint density at radius 3 is 1.91 bits per heavy atom. The smallest absolute Gasteiger partial charge is 0.190 e. The fourth-order valence-electron chi connectivity index (χ4n) is 1.89. The predicted molar refractivity (Wildman–Crippen MR) is 104 cm³/mol. The Balaban J connectivity index is 4.38. The Hall–Kier alpha value is 0.395. The molecule has 0 amide bonds. The van der Waals surface area contributed by atoms with Gasteiger partial charge in [-0.25, -0.2) is 4.39 Å². The van der Waals surface area contributed by atoms with Gasteiger partial charge in [0.1, 0.15) is 21.0 Å². The maximum atomic E-state index is 14.2. The molecule has 0 aliphatic rings. The Bertz CT molecular complexity index is 360. The van der Waals surface area contributed by atoms with Gasteiger partial charge < -0.3 is 18.9 Å². The lowest BCUT2D eigenvalue weighted by atomic mass is 9.65. The second-order valence-corrected chi connectivity index (χ2v) is 9.55. The molecule has 0 N–H and O–H groups in total. The molecule has 3 atom stereocenters. The monoisotopic (exact) mass is 348 g/mol. The Kier molecular flexibility index (Phi) is 8.81. The molecular formula is C14H33B3FO4P. The highest BCUT2D eigenvalue weighted by Crippen LogP contribution is 2.25. The summed E-state index contributed by atoms with van der Waals surface area (Å²) in [5.74, 6) is -1.84. The molecule has 9 heteroatoms. The van der Waals surface area contributed by atoms with E-state index in [9.17, 15) is 4.39 Å². The average molecular weight is 348 g/mol. The lowest BCUT2D eigenvalue weighted by molar-refractivity contribution is -0.166. The van der Waals surface area contributed by atoms with Crippen LogP contribution in [-0.2, 0) is 18.9 Å². The normalized spacial score (nSPS) is 18.7. The predicted octanol–water partition coefficient (Wildman–Crippen LogP) is 0.0274. The molecule has 0 aromatic carbocycles. The second-order valence-electron chi connectivity index (χ2n) is 8.33. The third-order valence-corrected chi connectivity index (χ3v) is 3.00. The van der Waals surface area contributed by atoms with Gasteiger partial charge in [-0.2, -0.15) is 0 Å². The molecule has 0 aliphatic heterocycles. The Morgan fingerprint density at radius 1 is 0.957 bits per heavy atom. The fraction of sp³-hybridized carbons (Fsp3) is 1.00.